The molecule has 0 fully saturated rings. The molecule has 0 unspecified atom stereocenters. The minimum Gasteiger partial charge on any atom is -0.497 e. The number of benzene rings is 3. The molecule has 1 aromatic heterocycles. The molecule has 3 aromatic carbocycles. The van der Waals surface area contributed by atoms with Gasteiger partial charge in [0.25, 0.3) is 0 Å². The Bertz CT molecular complexity index is 908. The Kier molecular flexibility index (Phi) is 2.97. The molecule has 4 aromatic rings. The molecule has 0 N–H and O–H groups in total. The zero-order valence-corrected chi connectivity index (χ0v) is 12.2. The topological polar surface area (TPSA) is 26.0 Å². The number of rotatable bonds is 2. The molecular weight excluding hydrogens is 272 g/mol. The normalized spacial score (nSPS) is 11.0. The fourth-order valence-corrected chi connectivity index (χ4v) is 2.76. The number of methoxy groups -OCH3 is 1. The third-order valence-electron chi connectivity index (χ3n) is 3.82. The quantitative estimate of drug-likeness (QED) is 0.415. The summed E-state index contributed by atoms with van der Waals surface area (Å²) in [6, 6.07) is 24.5. The summed E-state index contributed by atoms with van der Waals surface area (Å²) in [5, 5.41) is 0. The van der Waals surface area contributed by atoms with Gasteiger partial charge in [0.2, 0.25) is 16.7 Å². The van der Waals surface area contributed by atoms with Gasteiger partial charge >= 0.3 is 0 Å². The van der Waals surface area contributed by atoms with Crippen molar-refractivity contribution in [3.63, 3.8) is 0 Å². The Morgan fingerprint density at radius 3 is 1.82 bits per heavy atom. The van der Waals surface area contributed by atoms with E-state index in [0.717, 1.165) is 33.5 Å². The van der Waals surface area contributed by atoms with Crippen LogP contribution in [0.25, 0.3) is 27.8 Å². The minimum atomic E-state index is 0.854. The summed E-state index contributed by atoms with van der Waals surface area (Å²) in [7, 11) is 1.68. The van der Waals surface area contributed by atoms with Gasteiger partial charge in [-0.2, -0.15) is 0 Å². The Morgan fingerprint density at radius 2 is 1.27 bits per heavy atom. The second kappa shape index (κ2) is 5.11. The summed E-state index contributed by atoms with van der Waals surface area (Å²) in [4.78, 5) is 4.75. The van der Waals surface area contributed by atoms with E-state index in [1.54, 1.807) is 7.11 Å². The number of para-hydroxylation sites is 4. The van der Waals surface area contributed by atoms with Crippen molar-refractivity contribution in [2.45, 2.75) is 0 Å². The van der Waals surface area contributed by atoms with Crippen molar-refractivity contribution < 1.29 is 9.30 Å². The van der Waals surface area contributed by atoms with Crippen LogP contribution in [0.5, 0.6) is 5.75 Å². The van der Waals surface area contributed by atoms with Gasteiger partial charge in [0.1, 0.15) is 16.8 Å². The van der Waals surface area contributed by atoms with E-state index in [-0.39, 0.29) is 0 Å². The Balaban J connectivity index is 2.11. The third kappa shape index (κ3) is 1.99. The SMILES string of the molecule is COc1ccc(-[n+]2c3ccccc3nc3ccccc32)cc1. The molecule has 0 radical (unpaired) electrons. The number of nitrogens with zero attached hydrogens (tertiary/aromatic N) is 2. The Hall–Kier alpha value is -2.94. The lowest BCUT2D eigenvalue weighted by atomic mass is 10.2. The lowest BCUT2D eigenvalue weighted by molar-refractivity contribution is -0.538. The molecule has 22 heavy (non-hydrogen) atoms. The highest BCUT2D eigenvalue weighted by atomic mass is 16.5. The van der Waals surface area contributed by atoms with E-state index in [9.17, 15) is 0 Å². The summed E-state index contributed by atoms with van der Waals surface area (Å²) in [6.07, 6.45) is 0. The smallest absolute Gasteiger partial charge is 0.237 e. The van der Waals surface area contributed by atoms with Crippen LogP contribution in [0.1, 0.15) is 0 Å². The van der Waals surface area contributed by atoms with E-state index in [0.29, 0.717) is 0 Å². The number of fused-ring (bicyclic) bond motifs is 2. The summed E-state index contributed by atoms with van der Waals surface area (Å²) in [5.74, 6) is 0.854. The molecule has 0 saturated heterocycles. The highest BCUT2D eigenvalue weighted by Gasteiger charge is 2.18. The number of hydrogen-bond donors (Lipinski definition) is 0. The highest BCUT2D eigenvalue weighted by Crippen LogP contribution is 2.18. The second-order valence-electron chi connectivity index (χ2n) is 5.12. The first-order chi connectivity index (χ1) is 10.9. The summed E-state index contributed by atoms with van der Waals surface area (Å²) in [6.45, 7) is 0. The van der Waals surface area contributed by atoms with Crippen LogP contribution in [-0.2, 0) is 0 Å². The van der Waals surface area contributed by atoms with Crippen molar-refractivity contribution in [2.75, 3.05) is 7.11 Å². The van der Waals surface area contributed by atoms with E-state index in [1.165, 1.54) is 0 Å². The molecule has 106 valence electrons. The monoisotopic (exact) mass is 287 g/mol. The maximum absolute atomic E-state index is 5.26. The van der Waals surface area contributed by atoms with Crippen LogP contribution in [0.15, 0.2) is 72.8 Å². The van der Waals surface area contributed by atoms with Crippen LogP contribution in [0.2, 0.25) is 0 Å². The molecule has 0 atom stereocenters. The van der Waals surface area contributed by atoms with Crippen LogP contribution in [0.4, 0.5) is 0 Å². The summed E-state index contributed by atoms with van der Waals surface area (Å²) >= 11 is 0. The maximum atomic E-state index is 5.26. The number of aromatic nitrogens is 2. The van der Waals surface area contributed by atoms with Gasteiger partial charge in [0.15, 0.2) is 0 Å². The van der Waals surface area contributed by atoms with E-state index in [2.05, 4.69) is 28.8 Å². The molecule has 0 amide bonds. The highest BCUT2D eigenvalue weighted by molar-refractivity contribution is 5.82. The van der Waals surface area contributed by atoms with Crippen LogP contribution in [-0.4, -0.2) is 12.1 Å². The Labute approximate surface area is 128 Å². The van der Waals surface area contributed by atoms with Gasteiger partial charge in [-0.25, -0.2) is 4.98 Å². The van der Waals surface area contributed by atoms with Gasteiger partial charge < -0.3 is 4.74 Å². The van der Waals surface area contributed by atoms with Crippen molar-refractivity contribution in [2.24, 2.45) is 0 Å². The minimum absolute atomic E-state index is 0.854. The van der Waals surface area contributed by atoms with E-state index >= 15 is 0 Å². The fourth-order valence-electron chi connectivity index (χ4n) is 2.76. The van der Waals surface area contributed by atoms with E-state index in [4.69, 9.17) is 9.72 Å². The van der Waals surface area contributed by atoms with Gasteiger partial charge in [0, 0.05) is 24.3 Å². The lowest BCUT2D eigenvalue weighted by Gasteiger charge is -2.05. The maximum Gasteiger partial charge on any atom is 0.237 e. The molecule has 1 heterocycles. The van der Waals surface area contributed by atoms with Gasteiger partial charge in [-0.1, -0.05) is 24.3 Å². The Morgan fingerprint density at radius 1 is 0.727 bits per heavy atom. The molecule has 0 aliphatic heterocycles. The molecule has 0 saturated carbocycles. The molecule has 0 aliphatic carbocycles. The summed E-state index contributed by atoms with van der Waals surface area (Å²) in [5.41, 5.74) is 5.24. The number of ether oxygens (including phenoxy) is 1. The summed E-state index contributed by atoms with van der Waals surface area (Å²) < 4.78 is 7.49. The predicted octanol–water partition coefficient (Wildman–Crippen LogP) is 3.67. The average Bonchev–Trinajstić information content (AvgIpc) is 2.60. The van der Waals surface area contributed by atoms with Crippen molar-refractivity contribution >= 4 is 22.1 Å². The molecule has 4 rings (SSSR count). The van der Waals surface area contributed by atoms with Gasteiger partial charge in [-0.15, -0.1) is 4.57 Å². The molecule has 0 bridgehead atoms. The molecule has 3 heteroatoms. The van der Waals surface area contributed by atoms with Crippen LogP contribution in [0.3, 0.4) is 0 Å². The van der Waals surface area contributed by atoms with Crippen molar-refractivity contribution in [3.8, 4) is 11.4 Å². The first kappa shape index (κ1) is 12.8. The van der Waals surface area contributed by atoms with Gasteiger partial charge in [0.05, 0.1) is 7.11 Å². The predicted molar refractivity (Wildman–Crippen MR) is 87.3 cm³/mol. The van der Waals surface area contributed by atoms with Gasteiger partial charge in [-0.05, 0) is 24.3 Å². The van der Waals surface area contributed by atoms with E-state index < -0.39 is 0 Å². The van der Waals surface area contributed by atoms with Crippen LogP contribution >= 0.6 is 0 Å². The second-order valence-corrected chi connectivity index (χ2v) is 5.12. The zero-order valence-electron chi connectivity index (χ0n) is 12.2. The average molecular weight is 287 g/mol. The number of hydrogen-bond acceptors (Lipinski definition) is 2. The van der Waals surface area contributed by atoms with Crippen LogP contribution < -0.4 is 9.30 Å². The van der Waals surface area contributed by atoms with Crippen molar-refractivity contribution in [1.82, 2.24) is 4.98 Å². The molecule has 0 aliphatic rings. The fraction of sp³-hybridized carbons (Fsp3) is 0.0526. The van der Waals surface area contributed by atoms with E-state index in [1.807, 2.05) is 48.5 Å². The van der Waals surface area contributed by atoms with Gasteiger partial charge in [-0.3, -0.25) is 0 Å². The molecule has 0 spiro atoms. The first-order valence-electron chi connectivity index (χ1n) is 7.21. The molecular formula is C19H15N2O+. The van der Waals surface area contributed by atoms with Crippen molar-refractivity contribution in [1.29, 1.82) is 0 Å². The first-order valence-corrected chi connectivity index (χ1v) is 7.21. The van der Waals surface area contributed by atoms with Crippen LogP contribution in [0, 0.1) is 0 Å². The molecule has 3 nitrogen and oxygen atoms in total. The zero-order chi connectivity index (χ0) is 14.9. The lowest BCUT2D eigenvalue weighted by Crippen LogP contribution is -2.33. The van der Waals surface area contributed by atoms with Crippen molar-refractivity contribution in [3.05, 3.63) is 72.8 Å². The largest absolute Gasteiger partial charge is 0.497 e. The standard InChI is InChI=1S/C19H15N2O/c1-22-15-12-10-14(11-13-15)21-18-8-4-2-6-16(18)20-17-7-3-5-9-19(17)21/h2-13H,1H3/q+1. The third-order valence-corrected chi connectivity index (χ3v) is 3.82.